The predicted molar refractivity (Wildman–Crippen MR) is 77.8 cm³/mol. The van der Waals surface area contributed by atoms with Crippen molar-refractivity contribution < 1.29 is 4.21 Å². The molecule has 98 valence electrons. The van der Waals surface area contributed by atoms with Crippen molar-refractivity contribution in [3.8, 4) is 0 Å². The Morgan fingerprint density at radius 1 is 1.44 bits per heavy atom. The van der Waals surface area contributed by atoms with Gasteiger partial charge in [-0.3, -0.25) is 4.21 Å². The highest BCUT2D eigenvalue weighted by Gasteiger charge is 2.16. The Morgan fingerprint density at radius 2 is 2.17 bits per heavy atom. The number of hydrogen-bond acceptors (Lipinski definition) is 2. The van der Waals surface area contributed by atoms with Gasteiger partial charge in [-0.15, -0.1) is 11.6 Å². The van der Waals surface area contributed by atoms with Crippen molar-refractivity contribution in [2.24, 2.45) is 0 Å². The summed E-state index contributed by atoms with van der Waals surface area (Å²) in [5.41, 5.74) is 2.07. The summed E-state index contributed by atoms with van der Waals surface area (Å²) in [5.74, 6) is 2.16. The summed E-state index contributed by atoms with van der Waals surface area (Å²) in [5, 5.41) is 0. The number of fused-ring (bicyclic) bond motifs is 1. The molecule has 1 aromatic carbocycles. The lowest BCUT2D eigenvalue weighted by Gasteiger charge is -2.16. The molecule has 2 unspecified atom stereocenters. The molecule has 2 rings (SSSR count). The third kappa shape index (κ3) is 2.75. The molecule has 0 spiro atoms. The fourth-order valence-corrected chi connectivity index (χ4v) is 3.26. The molecular weight excluding hydrogens is 268 g/mol. The summed E-state index contributed by atoms with van der Waals surface area (Å²) < 4.78 is 13.6. The van der Waals surface area contributed by atoms with E-state index >= 15 is 0 Å². The normalized spacial score (nSPS) is 14.8. The number of hydrogen-bond donors (Lipinski definition) is 0. The smallest absolute Gasteiger partial charge is 0.111 e. The van der Waals surface area contributed by atoms with Gasteiger partial charge in [-0.2, -0.15) is 0 Å². The van der Waals surface area contributed by atoms with Gasteiger partial charge in [-0.05, 0) is 19.1 Å². The van der Waals surface area contributed by atoms with E-state index in [0.29, 0.717) is 11.6 Å². The molecule has 2 aromatic rings. The van der Waals surface area contributed by atoms with Crippen molar-refractivity contribution in [3.05, 3.63) is 30.1 Å². The van der Waals surface area contributed by atoms with E-state index in [0.717, 1.165) is 23.3 Å². The topological polar surface area (TPSA) is 34.9 Å². The molecule has 0 saturated carbocycles. The number of para-hydroxylation sites is 2. The van der Waals surface area contributed by atoms with Crippen LogP contribution in [-0.2, 0) is 17.2 Å². The maximum absolute atomic E-state index is 11.4. The molecule has 0 amide bonds. The van der Waals surface area contributed by atoms with Crippen LogP contribution in [-0.4, -0.2) is 31.6 Å². The van der Waals surface area contributed by atoms with E-state index < -0.39 is 10.8 Å². The van der Waals surface area contributed by atoms with E-state index in [2.05, 4.69) is 22.5 Å². The number of alkyl halides is 1. The van der Waals surface area contributed by atoms with Crippen LogP contribution >= 0.6 is 11.6 Å². The lowest BCUT2D eigenvalue weighted by Crippen LogP contribution is -2.15. The maximum atomic E-state index is 11.4. The van der Waals surface area contributed by atoms with Gasteiger partial charge in [0.2, 0.25) is 0 Å². The zero-order valence-electron chi connectivity index (χ0n) is 10.6. The fourth-order valence-electron chi connectivity index (χ4n) is 2.26. The molecule has 0 aliphatic rings. The quantitative estimate of drug-likeness (QED) is 0.792. The lowest BCUT2D eigenvalue weighted by molar-refractivity contribution is 0.587. The molecule has 0 radical (unpaired) electrons. The van der Waals surface area contributed by atoms with Crippen molar-refractivity contribution >= 4 is 33.4 Å². The Labute approximate surface area is 115 Å². The first-order valence-electron chi connectivity index (χ1n) is 5.95. The van der Waals surface area contributed by atoms with Crippen molar-refractivity contribution in [2.45, 2.75) is 19.4 Å². The Kier molecular flexibility index (Phi) is 4.40. The van der Waals surface area contributed by atoms with Crippen LogP contribution in [0, 0.1) is 0 Å². The number of rotatable bonds is 5. The van der Waals surface area contributed by atoms with Crippen LogP contribution in [0.25, 0.3) is 11.0 Å². The highest BCUT2D eigenvalue weighted by Crippen LogP contribution is 2.22. The van der Waals surface area contributed by atoms with Crippen molar-refractivity contribution in [2.75, 3.05) is 17.9 Å². The van der Waals surface area contributed by atoms with Crippen molar-refractivity contribution in [3.63, 3.8) is 0 Å². The molecule has 0 saturated heterocycles. The summed E-state index contributed by atoms with van der Waals surface area (Å²) >= 11 is 5.83. The number of aryl methyl sites for hydroxylation is 1. The van der Waals surface area contributed by atoms with Gasteiger partial charge in [0.15, 0.2) is 0 Å². The monoisotopic (exact) mass is 284 g/mol. The predicted octanol–water partition coefficient (Wildman–Crippen LogP) is 2.76. The minimum Gasteiger partial charge on any atom is -0.324 e. The molecule has 3 nitrogen and oxygen atoms in total. The van der Waals surface area contributed by atoms with Gasteiger partial charge in [0.25, 0.3) is 0 Å². The Morgan fingerprint density at radius 3 is 2.83 bits per heavy atom. The number of aromatic nitrogens is 2. The van der Waals surface area contributed by atoms with Gasteiger partial charge >= 0.3 is 0 Å². The molecule has 5 heteroatoms. The Balaban J connectivity index is 2.50. The van der Waals surface area contributed by atoms with E-state index in [-0.39, 0.29) is 6.04 Å². The highest BCUT2D eigenvalue weighted by atomic mass is 35.5. The van der Waals surface area contributed by atoms with Crippen molar-refractivity contribution in [1.29, 1.82) is 0 Å². The lowest BCUT2D eigenvalue weighted by atomic mass is 10.3. The summed E-state index contributed by atoms with van der Waals surface area (Å²) in [6, 6.07) is 8.20. The second-order valence-corrected chi connectivity index (χ2v) is 6.27. The molecule has 1 heterocycles. The second-order valence-electron chi connectivity index (χ2n) is 4.41. The van der Waals surface area contributed by atoms with Crippen LogP contribution in [0.15, 0.2) is 24.3 Å². The minimum absolute atomic E-state index is 0.168. The minimum atomic E-state index is -0.817. The van der Waals surface area contributed by atoms with Gasteiger partial charge in [0, 0.05) is 41.2 Å². The first-order chi connectivity index (χ1) is 8.63. The summed E-state index contributed by atoms with van der Waals surface area (Å²) in [6.07, 6.45) is 2.47. The van der Waals surface area contributed by atoms with E-state index in [1.165, 1.54) is 0 Å². The average Bonchev–Trinajstić information content (AvgIpc) is 2.66. The van der Waals surface area contributed by atoms with Crippen LogP contribution in [0.3, 0.4) is 0 Å². The van der Waals surface area contributed by atoms with E-state index in [1.807, 2.05) is 18.2 Å². The van der Waals surface area contributed by atoms with E-state index in [1.54, 1.807) is 6.26 Å². The molecule has 0 N–H and O–H groups in total. The van der Waals surface area contributed by atoms with Crippen LogP contribution in [0.4, 0.5) is 0 Å². The van der Waals surface area contributed by atoms with Gasteiger partial charge in [0.05, 0.1) is 11.0 Å². The number of benzene rings is 1. The first kappa shape index (κ1) is 13.6. The number of nitrogens with zero attached hydrogens (tertiary/aromatic N) is 2. The van der Waals surface area contributed by atoms with Gasteiger partial charge < -0.3 is 4.57 Å². The van der Waals surface area contributed by atoms with Gasteiger partial charge in [0.1, 0.15) is 5.82 Å². The third-order valence-corrected chi connectivity index (χ3v) is 4.04. The molecule has 2 atom stereocenters. The standard InChI is InChI=1S/C13H17ClN2OS/c1-10(9-18(2)17)16-12-6-4-3-5-11(12)15-13(16)7-8-14/h3-6,10H,7-9H2,1-2H3. The van der Waals surface area contributed by atoms with Gasteiger partial charge in [-0.1, -0.05) is 12.1 Å². The number of imidazole rings is 1. The van der Waals surface area contributed by atoms with E-state index in [9.17, 15) is 4.21 Å². The number of halogens is 1. The first-order valence-corrected chi connectivity index (χ1v) is 8.21. The fraction of sp³-hybridized carbons (Fsp3) is 0.462. The molecule has 0 fully saturated rings. The molecule has 18 heavy (non-hydrogen) atoms. The van der Waals surface area contributed by atoms with Crippen molar-refractivity contribution in [1.82, 2.24) is 9.55 Å². The molecule has 1 aromatic heterocycles. The third-order valence-electron chi connectivity index (χ3n) is 2.90. The molecule has 0 bridgehead atoms. The van der Waals surface area contributed by atoms with E-state index in [4.69, 9.17) is 11.6 Å². The summed E-state index contributed by atoms with van der Waals surface area (Å²) in [4.78, 5) is 4.61. The Bertz CT molecular complexity index is 567. The molecular formula is C13H17ClN2OS. The highest BCUT2D eigenvalue weighted by molar-refractivity contribution is 7.84. The van der Waals surface area contributed by atoms with Gasteiger partial charge in [-0.25, -0.2) is 4.98 Å². The SMILES string of the molecule is CC(CS(C)=O)n1c(CCCl)nc2ccccc21. The Hall–Kier alpha value is -0.870. The zero-order chi connectivity index (χ0) is 13.1. The second kappa shape index (κ2) is 5.85. The zero-order valence-corrected chi connectivity index (χ0v) is 12.2. The summed E-state index contributed by atoms with van der Waals surface area (Å²) in [6.45, 7) is 2.08. The van der Waals surface area contributed by atoms with Crippen LogP contribution in [0.1, 0.15) is 18.8 Å². The van der Waals surface area contributed by atoms with Crippen LogP contribution in [0.2, 0.25) is 0 Å². The largest absolute Gasteiger partial charge is 0.324 e. The van der Waals surface area contributed by atoms with Crippen LogP contribution < -0.4 is 0 Å². The summed E-state index contributed by atoms with van der Waals surface area (Å²) in [7, 11) is -0.817. The average molecular weight is 285 g/mol. The molecule has 0 aliphatic heterocycles. The molecule has 0 aliphatic carbocycles. The maximum Gasteiger partial charge on any atom is 0.111 e. The van der Waals surface area contributed by atoms with Crippen LogP contribution in [0.5, 0.6) is 0 Å².